The number of hydrogen-bond donors (Lipinski definition) is 3. The zero-order valence-electron chi connectivity index (χ0n) is 13.1. The van der Waals surface area contributed by atoms with Crippen LogP contribution < -0.4 is 16.4 Å². The summed E-state index contributed by atoms with van der Waals surface area (Å²) in [6.45, 7) is 1.88. The largest absolute Gasteiger partial charge is 0.351 e. The molecule has 3 amide bonds. The number of carbonyl (C=O) groups excluding carboxylic acids is 2. The van der Waals surface area contributed by atoms with E-state index in [4.69, 9.17) is 17.3 Å². The van der Waals surface area contributed by atoms with E-state index in [1.807, 2.05) is 31.2 Å². The third kappa shape index (κ3) is 5.44. The van der Waals surface area contributed by atoms with Crippen molar-refractivity contribution in [2.75, 3.05) is 5.32 Å². The summed E-state index contributed by atoms with van der Waals surface area (Å²) < 4.78 is 0. The van der Waals surface area contributed by atoms with Gasteiger partial charge in [-0.15, -0.1) is 0 Å². The van der Waals surface area contributed by atoms with Gasteiger partial charge in [0.2, 0.25) is 5.91 Å². The highest BCUT2D eigenvalue weighted by Gasteiger charge is 2.07. The van der Waals surface area contributed by atoms with Gasteiger partial charge in [0.25, 0.3) is 0 Å². The van der Waals surface area contributed by atoms with Gasteiger partial charge in [0.1, 0.15) is 0 Å². The van der Waals surface area contributed by atoms with Crippen LogP contribution in [0.25, 0.3) is 6.08 Å². The number of nitrogens with two attached hydrogens (primary N) is 1. The fourth-order valence-electron chi connectivity index (χ4n) is 2.09. The molecule has 1 unspecified atom stereocenters. The number of rotatable bonds is 5. The number of halogens is 1. The Morgan fingerprint density at radius 1 is 1.08 bits per heavy atom. The Morgan fingerprint density at radius 2 is 1.71 bits per heavy atom. The summed E-state index contributed by atoms with van der Waals surface area (Å²) in [6.07, 6.45) is 3.20. The maximum absolute atomic E-state index is 12.0. The first-order valence-electron chi connectivity index (χ1n) is 7.34. The average molecular weight is 344 g/mol. The molecule has 0 aliphatic rings. The molecule has 0 spiro atoms. The van der Waals surface area contributed by atoms with E-state index in [1.54, 1.807) is 30.3 Å². The fraction of sp³-hybridized carbons (Fsp3) is 0.111. The monoisotopic (exact) mass is 343 g/mol. The number of nitrogens with one attached hydrogen (secondary N) is 2. The molecule has 2 rings (SSSR count). The quantitative estimate of drug-likeness (QED) is 0.723. The highest BCUT2D eigenvalue weighted by Crippen LogP contribution is 2.16. The fourth-order valence-corrected chi connectivity index (χ4v) is 2.21. The van der Waals surface area contributed by atoms with Gasteiger partial charge in [-0.2, -0.15) is 0 Å². The predicted octanol–water partition coefficient (Wildman–Crippen LogP) is 3.72. The highest BCUT2D eigenvalue weighted by molar-refractivity contribution is 6.30. The van der Waals surface area contributed by atoms with E-state index in [1.165, 1.54) is 6.08 Å². The second kappa shape index (κ2) is 8.17. The zero-order chi connectivity index (χ0) is 17.5. The normalized spacial score (nSPS) is 11.9. The predicted molar refractivity (Wildman–Crippen MR) is 96.7 cm³/mol. The topological polar surface area (TPSA) is 84.2 Å². The van der Waals surface area contributed by atoms with Gasteiger partial charge >= 0.3 is 6.03 Å². The molecule has 0 aromatic heterocycles. The first kappa shape index (κ1) is 17.6. The molecule has 24 heavy (non-hydrogen) atoms. The zero-order valence-corrected chi connectivity index (χ0v) is 13.9. The molecule has 0 saturated heterocycles. The molecule has 0 radical (unpaired) electrons. The first-order chi connectivity index (χ1) is 11.4. The number of anilines is 1. The van der Waals surface area contributed by atoms with Crippen LogP contribution >= 0.6 is 11.6 Å². The van der Waals surface area contributed by atoms with E-state index in [0.29, 0.717) is 10.7 Å². The lowest BCUT2D eigenvalue weighted by atomic mass is 10.1. The highest BCUT2D eigenvalue weighted by atomic mass is 35.5. The number of hydrogen-bond acceptors (Lipinski definition) is 2. The van der Waals surface area contributed by atoms with Gasteiger partial charge in [-0.25, -0.2) is 4.79 Å². The lowest BCUT2D eigenvalue weighted by molar-refractivity contribution is -0.117. The summed E-state index contributed by atoms with van der Waals surface area (Å²) in [6, 6.07) is 13.5. The third-order valence-electron chi connectivity index (χ3n) is 3.33. The Labute approximate surface area is 145 Å². The van der Waals surface area contributed by atoms with Gasteiger partial charge in [0.15, 0.2) is 0 Å². The van der Waals surface area contributed by atoms with E-state index in [2.05, 4.69) is 10.6 Å². The van der Waals surface area contributed by atoms with Gasteiger partial charge in [0, 0.05) is 16.8 Å². The lowest BCUT2D eigenvalue weighted by Crippen LogP contribution is -2.24. The molecule has 6 heteroatoms. The summed E-state index contributed by atoms with van der Waals surface area (Å²) >= 11 is 5.82. The molecular formula is C18H18ClN3O2. The van der Waals surface area contributed by atoms with Crippen molar-refractivity contribution in [2.45, 2.75) is 13.0 Å². The summed E-state index contributed by atoms with van der Waals surface area (Å²) in [7, 11) is 0. The molecule has 4 N–H and O–H groups in total. The van der Waals surface area contributed by atoms with Crippen LogP contribution in [0.2, 0.25) is 5.02 Å². The first-order valence-corrected chi connectivity index (χ1v) is 7.72. The number of primary amides is 1. The van der Waals surface area contributed by atoms with E-state index >= 15 is 0 Å². The molecule has 0 aliphatic heterocycles. The van der Waals surface area contributed by atoms with Gasteiger partial charge < -0.3 is 16.4 Å². The van der Waals surface area contributed by atoms with Crippen molar-refractivity contribution in [3.63, 3.8) is 0 Å². The molecular weight excluding hydrogens is 326 g/mol. The summed E-state index contributed by atoms with van der Waals surface area (Å²) in [5.74, 6) is -0.197. The molecule has 0 bridgehead atoms. The number of amides is 3. The minimum atomic E-state index is -0.614. The smallest absolute Gasteiger partial charge is 0.316 e. The summed E-state index contributed by atoms with van der Waals surface area (Å²) in [5, 5.41) is 6.01. The Morgan fingerprint density at radius 3 is 2.29 bits per heavy atom. The minimum Gasteiger partial charge on any atom is -0.351 e. The van der Waals surface area contributed by atoms with Crippen LogP contribution in [-0.4, -0.2) is 11.9 Å². The van der Waals surface area contributed by atoms with E-state index in [0.717, 1.165) is 11.1 Å². The van der Waals surface area contributed by atoms with E-state index < -0.39 is 6.03 Å². The van der Waals surface area contributed by atoms with Crippen molar-refractivity contribution < 1.29 is 9.59 Å². The van der Waals surface area contributed by atoms with Gasteiger partial charge in [-0.05, 0) is 48.4 Å². The van der Waals surface area contributed by atoms with Crippen LogP contribution in [0.5, 0.6) is 0 Å². The molecule has 0 aliphatic carbocycles. The van der Waals surface area contributed by atoms with Crippen LogP contribution in [0.3, 0.4) is 0 Å². The molecule has 2 aromatic carbocycles. The van der Waals surface area contributed by atoms with Gasteiger partial charge in [0.05, 0.1) is 6.04 Å². The Hall–Kier alpha value is -2.79. The maximum atomic E-state index is 12.0. The van der Waals surface area contributed by atoms with E-state index in [-0.39, 0.29) is 11.9 Å². The number of carbonyl (C=O) groups is 2. The van der Waals surface area contributed by atoms with Crippen molar-refractivity contribution >= 4 is 35.3 Å². The molecule has 5 nitrogen and oxygen atoms in total. The second-order valence-electron chi connectivity index (χ2n) is 5.23. The van der Waals surface area contributed by atoms with Crippen LogP contribution in [0.15, 0.2) is 54.6 Å². The molecule has 0 heterocycles. The molecule has 1 atom stereocenters. The van der Waals surface area contributed by atoms with Crippen LogP contribution in [0.4, 0.5) is 10.5 Å². The molecule has 0 saturated carbocycles. The van der Waals surface area contributed by atoms with Crippen molar-refractivity contribution in [1.82, 2.24) is 5.32 Å². The molecule has 2 aromatic rings. The Kier molecular flexibility index (Phi) is 5.98. The minimum absolute atomic E-state index is 0.171. The standard InChI is InChI=1S/C18H18ClN3O2/c1-12(14-5-9-16(10-6-14)22-18(20)24)21-17(23)11-4-13-2-7-15(19)8-3-13/h2-12H,1H3,(H,21,23)(H3,20,22,24)/b11-4+. The van der Waals surface area contributed by atoms with Gasteiger partial charge in [-0.3, -0.25) is 4.79 Å². The maximum Gasteiger partial charge on any atom is 0.316 e. The number of benzene rings is 2. The van der Waals surface area contributed by atoms with E-state index in [9.17, 15) is 9.59 Å². The third-order valence-corrected chi connectivity index (χ3v) is 3.59. The molecule has 124 valence electrons. The van der Waals surface area contributed by atoms with Crippen LogP contribution in [-0.2, 0) is 4.79 Å². The molecule has 0 fully saturated rings. The van der Waals surface area contributed by atoms with Crippen molar-refractivity contribution in [3.8, 4) is 0 Å². The lowest BCUT2D eigenvalue weighted by Gasteiger charge is -2.13. The summed E-state index contributed by atoms with van der Waals surface area (Å²) in [4.78, 5) is 22.8. The number of urea groups is 1. The SMILES string of the molecule is CC(NC(=O)/C=C/c1ccc(Cl)cc1)c1ccc(NC(N)=O)cc1. The van der Waals surface area contributed by atoms with Crippen molar-refractivity contribution in [1.29, 1.82) is 0 Å². The summed E-state index contributed by atoms with van der Waals surface area (Å²) in [5.41, 5.74) is 7.47. The average Bonchev–Trinajstić information content (AvgIpc) is 2.54. The van der Waals surface area contributed by atoms with Crippen LogP contribution in [0.1, 0.15) is 24.1 Å². The second-order valence-corrected chi connectivity index (χ2v) is 5.66. The Bertz CT molecular complexity index is 740. The van der Waals surface area contributed by atoms with Gasteiger partial charge in [-0.1, -0.05) is 35.9 Å². The van der Waals surface area contributed by atoms with Crippen LogP contribution in [0, 0.1) is 0 Å². The van der Waals surface area contributed by atoms with Crippen molar-refractivity contribution in [2.24, 2.45) is 5.73 Å². The Balaban J connectivity index is 1.93. The van der Waals surface area contributed by atoms with Crippen molar-refractivity contribution in [3.05, 3.63) is 70.8 Å².